The zero-order chi connectivity index (χ0) is 16.3. The van der Waals surface area contributed by atoms with Crippen LogP contribution in [0.15, 0.2) is 28.8 Å². The van der Waals surface area contributed by atoms with Gasteiger partial charge in [-0.25, -0.2) is 4.79 Å². The van der Waals surface area contributed by atoms with Crippen molar-refractivity contribution in [3.8, 4) is 0 Å². The van der Waals surface area contributed by atoms with Crippen LogP contribution in [0.4, 0.5) is 10.5 Å². The monoisotopic (exact) mass is 303 g/mol. The van der Waals surface area contributed by atoms with Gasteiger partial charge >= 0.3 is 6.03 Å². The van der Waals surface area contributed by atoms with Gasteiger partial charge in [-0.15, -0.1) is 0 Å². The molecule has 2 amide bonds. The molecule has 1 atom stereocenters. The highest BCUT2D eigenvalue weighted by atomic mass is 16.3. The number of furan rings is 1. The first-order valence-corrected chi connectivity index (χ1v) is 7.05. The molecule has 0 aliphatic rings. The molecule has 2 aromatic rings. The highest BCUT2D eigenvalue weighted by Crippen LogP contribution is 2.26. The lowest BCUT2D eigenvalue weighted by Gasteiger charge is -2.23. The van der Waals surface area contributed by atoms with Crippen molar-refractivity contribution in [3.05, 3.63) is 47.2 Å². The molecule has 6 heteroatoms. The summed E-state index contributed by atoms with van der Waals surface area (Å²) < 4.78 is 5.42. The number of aliphatic hydroxyl groups is 1. The van der Waals surface area contributed by atoms with Crippen LogP contribution in [-0.2, 0) is 5.60 Å². The molecular formula is C16H21N3O3. The third-order valence-electron chi connectivity index (χ3n) is 3.37. The molecule has 0 radical (unpaired) electrons. The summed E-state index contributed by atoms with van der Waals surface area (Å²) in [5, 5.41) is 15.9. The lowest BCUT2D eigenvalue weighted by atomic mass is 9.96. The summed E-state index contributed by atoms with van der Waals surface area (Å²) >= 11 is 0. The quantitative estimate of drug-likeness (QED) is 0.810. The minimum Gasteiger partial charge on any atom is -0.466 e. The number of hydrogen-bond donors (Lipinski definition) is 3. The summed E-state index contributed by atoms with van der Waals surface area (Å²) in [4.78, 5) is 16.0. The van der Waals surface area contributed by atoms with Gasteiger partial charge in [0.05, 0.1) is 6.54 Å². The second-order valence-electron chi connectivity index (χ2n) is 5.59. The van der Waals surface area contributed by atoms with E-state index < -0.39 is 5.60 Å². The zero-order valence-electron chi connectivity index (χ0n) is 13.2. The molecule has 0 fully saturated rings. The molecule has 0 aliphatic heterocycles. The predicted molar refractivity (Wildman–Crippen MR) is 83.7 cm³/mol. The number of amides is 2. The van der Waals surface area contributed by atoms with Crippen LogP contribution < -0.4 is 10.6 Å². The van der Waals surface area contributed by atoms with E-state index in [-0.39, 0.29) is 12.6 Å². The lowest BCUT2D eigenvalue weighted by Crippen LogP contribution is -2.40. The Morgan fingerprint density at radius 1 is 1.36 bits per heavy atom. The Labute approximate surface area is 129 Å². The Bertz CT molecular complexity index is 677. The first-order chi connectivity index (χ1) is 10.3. The van der Waals surface area contributed by atoms with Crippen molar-refractivity contribution in [3.63, 3.8) is 0 Å². The Hall–Kier alpha value is -2.34. The van der Waals surface area contributed by atoms with Gasteiger partial charge in [0, 0.05) is 23.1 Å². The average Bonchev–Trinajstić information content (AvgIpc) is 2.76. The van der Waals surface area contributed by atoms with E-state index in [2.05, 4.69) is 15.6 Å². The van der Waals surface area contributed by atoms with E-state index in [4.69, 9.17) is 4.42 Å². The molecule has 6 nitrogen and oxygen atoms in total. The Morgan fingerprint density at radius 3 is 2.68 bits per heavy atom. The second-order valence-corrected chi connectivity index (χ2v) is 5.59. The van der Waals surface area contributed by atoms with Gasteiger partial charge in [0.15, 0.2) is 0 Å². The van der Waals surface area contributed by atoms with Crippen molar-refractivity contribution in [2.75, 3.05) is 11.9 Å². The summed E-state index contributed by atoms with van der Waals surface area (Å²) in [6.45, 7) is 7.16. The Morgan fingerprint density at radius 2 is 2.09 bits per heavy atom. The fourth-order valence-corrected chi connectivity index (χ4v) is 2.31. The van der Waals surface area contributed by atoms with Crippen LogP contribution in [0.3, 0.4) is 0 Å². The van der Waals surface area contributed by atoms with Gasteiger partial charge in [-0.2, -0.15) is 0 Å². The molecule has 0 saturated heterocycles. The van der Waals surface area contributed by atoms with Crippen LogP contribution >= 0.6 is 0 Å². The number of urea groups is 1. The van der Waals surface area contributed by atoms with E-state index in [9.17, 15) is 9.90 Å². The van der Waals surface area contributed by atoms with Gasteiger partial charge in [-0.3, -0.25) is 4.98 Å². The number of nitrogens with zero attached hydrogens (tertiary/aromatic N) is 1. The van der Waals surface area contributed by atoms with Crippen LogP contribution in [0, 0.1) is 20.8 Å². The van der Waals surface area contributed by atoms with Crippen molar-refractivity contribution in [2.45, 2.75) is 33.3 Å². The van der Waals surface area contributed by atoms with Crippen molar-refractivity contribution < 1.29 is 14.3 Å². The maximum atomic E-state index is 11.9. The van der Waals surface area contributed by atoms with E-state index >= 15 is 0 Å². The smallest absolute Gasteiger partial charge is 0.319 e. The summed E-state index contributed by atoms with van der Waals surface area (Å²) in [5.41, 5.74) is 0.937. The van der Waals surface area contributed by atoms with Gasteiger partial charge < -0.3 is 20.2 Å². The van der Waals surface area contributed by atoms with Crippen LogP contribution in [0.2, 0.25) is 0 Å². The highest BCUT2D eigenvalue weighted by molar-refractivity contribution is 5.89. The number of aromatic nitrogens is 1. The van der Waals surface area contributed by atoms with Crippen LogP contribution in [0.1, 0.15) is 29.7 Å². The molecule has 118 valence electrons. The highest BCUT2D eigenvalue weighted by Gasteiger charge is 2.28. The van der Waals surface area contributed by atoms with E-state index in [0.29, 0.717) is 17.0 Å². The van der Waals surface area contributed by atoms with Crippen molar-refractivity contribution in [2.24, 2.45) is 0 Å². The molecule has 0 saturated carbocycles. The van der Waals surface area contributed by atoms with Crippen LogP contribution in [0.25, 0.3) is 0 Å². The molecule has 0 aromatic carbocycles. The Kier molecular flexibility index (Phi) is 4.51. The van der Waals surface area contributed by atoms with Gasteiger partial charge in [-0.1, -0.05) is 0 Å². The molecule has 1 unspecified atom stereocenters. The summed E-state index contributed by atoms with van der Waals surface area (Å²) in [7, 11) is 0. The zero-order valence-corrected chi connectivity index (χ0v) is 13.2. The second kappa shape index (κ2) is 6.19. The fraction of sp³-hybridized carbons (Fsp3) is 0.375. The SMILES string of the molecule is Cc1cc(NC(=O)NCC(C)(O)c2cc(C)oc2C)ccn1. The van der Waals surface area contributed by atoms with E-state index in [0.717, 1.165) is 11.5 Å². The van der Waals surface area contributed by atoms with Gasteiger partial charge in [0.25, 0.3) is 0 Å². The number of rotatable bonds is 4. The standard InChI is InChI=1S/C16H21N3O3/c1-10-7-13(5-6-17-10)19-15(20)18-9-16(4,21)14-8-11(2)22-12(14)3/h5-8,21H,9H2,1-4H3,(H2,17,18,19,20). The molecular weight excluding hydrogens is 282 g/mol. The predicted octanol–water partition coefficient (Wildman–Crippen LogP) is 2.63. The van der Waals surface area contributed by atoms with Crippen LogP contribution in [-0.4, -0.2) is 22.7 Å². The molecule has 2 heterocycles. The number of nitrogens with one attached hydrogen (secondary N) is 2. The molecule has 3 N–H and O–H groups in total. The maximum absolute atomic E-state index is 11.9. The molecule has 22 heavy (non-hydrogen) atoms. The summed E-state index contributed by atoms with van der Waals surface area (Å²) in [6.07, 6.45) is 1.62. The fourth-order valence-electron chi connectivity index (χ4n) is 2.31. The first-order valence-electron chi connectivity index (χ1n) is 7.05. The minimum absolute atomic E-state index is 0.0721. The first kappa shape index (κ1) is 16.0. The number of pyridine rings is 1. The molecule has 0 aliphatic carbocycles. The normalized spacial score (nSPS) is 13.5. The average molecular weight is 303 g/mol. The summed E-state index contributed by atoms with van der Waals surface area (Å²) in [5.74, 6) is 1.37. The van der Waals surface area contributed by atoms with Gasteiger partial charge in [0.1, 0.15) is 17.1 Å². The summed E-state index contributed by atoms with van der Waals surface area (Å²) in [6, 6.07) is 4.86. The number of carbonyl (C=O) groups excluding carboxylic acids is 1. The largest absolute Gasteiger partial charge is 0.466 e. The van der Waals surface area contributed by atoms with Crippen molar-refractivity contribution >= 4 is 11.7 Å². The molecule has 2 rings (SSSR count). The van der Waals surface area contributed by atoms with E-state index in [1.165, 1.54) is 0 Å². The third-order valence-corrected chi connectivity index (χ3v) is 3.37. The van der Waals surface area contributed by atoms with Crippen LogP contribution in [0.5, 0.6) is 0 Å². The molecule has 0 spiro atoms. The Balaban J connectivity index is 1.96. The number of hydrogen-bond acceptors (Lipinski definition) is 4. The van der Waals surface area contributed by atoms with Crippen molar-refractivity contribution in [1.82, 2.24) is 10.3 Å². The lowest BCUT2D eigenvalue weighted by molar-refractivity contribution is 0.0584. The van der Waals surface area contributed by atoms with E-state index in [1.54, 1.807) is 38.2 Å². The van der Waals surface area contributed by atoms with Gasteiger partial charge in [-0.05, 0) is 45.9 Å². The van der Waals surface area contributed by atoms with Gasteiger partial charge in [0.2, 0.25) is 0 Å². The topological polar surface area (TPSA) is 87.4 Å². The minimum atomic E-state index is -1.20. The molecule has 2 aromatic heterocycles. The third kappa shape index (κ3) is 3.85. The number of carbonyl (C=O) groups is 1. The maximum Gasteiger partial charge on any atom is 0.319 e. The van der Waals surface area contributed by atoms with E-state index in [1.807, 2.05) is 13.8 Å². The number of anilines is 1. The molecule has 0 bridgehead atoms. The number of aryl methyl sites for hydroxylation is 3. The van der Waals surface area contributed by atoms with Crippen molar-refractivity contribution in [1.29, 1.82) is 0 Å².